The van der Waals surface area contributed by atoms with Gasteiger partial charge in [-0.3, -0.25) is 9.09 Å². The number of anilines is 1. The van der Waals surface area contributed by atoms with Crippen LogP contribution in [0.4, 0.5) is 5.82 Å². The first-order valence-corrected chi connectivity index (χ1v) is 7.95. The second kappa shape index (κ2) is 7.30. The number of rotatable bonds is 4. The van der Waals surface area contributed by atoms with Crippen LogP contribution in [0, 0.1) is 0 Å². The number of nitrogens with zero attached hydrogens (tertiary/aromatic N) is 4. The molecule has 0 aliphatic carbocycles. The number of phosphoric ester groups is 1. The van der Waals surface area contributed by atoms with Gasteiger partial charge in [0.25, 0.3) is 0 Å². The molecule has 2 aromatic heterocycles. The predicted molar refractivity (Wildman–Crippen MR) is 80.8 cm³/mol. The summed E-state index contributed by atoms with van der Waals surface area (Å²) in [6.45, 7) is -0.594. The Labute approximate surface area is 157 Å². The van der Waals surface area contributed by atoms with Gasteiger partial charge in [-0.15, -0.1) is 0 Å². The zero-order valence-electron chi connectivity index (χ0n) is 11.5. The molecule has 3 heterocycles. The normalized spacial score (nSPS) is 27.3. The summed E-state index contributed by atoms with van der Waals surface area (Å²) in [7, 11) is -4.72. The Morgan fingerprint density at radius 2 is 2.00 bits per heavy atom. The summed E-state index contributed by atoms with van der Waals surface area (Å²) in [6.07, 6.45) is -2.49. The maximum absolute atomic E-state index is 10.7. The van der Waals surface area contributed by atoms with Crippen LogP contribution in [0.15, 0.2) is 12.7 Å². The van der Waals surface area contributed by atoms with Gasteiger partial charge in [0.2, 0.25) is 0 Å². The van der Waals surface area contributed by atoms with Gasteiger partial charge in [-0.05, 0) is 0 Å². The topological polar surface area (TPSA) is 186 Å². The van der Waals surface area contributed by atoms with E-state index in [0.29, 0.717) is 5.52 Å². The molecule has 12 nitrogen and oxygen atoms in total. The van der Waals surface area contributed by atoms with Crippen molar-refractivity contribution in [1.29, 1.82) is 0 Å². The fourth-order valence-corrected chi connectivity index (χ4v) is 2.66. The molecule has 24 heavy (non-hydrogen) atoms. The van der Waals surface area contributed by atoms with Gasteiger partial charge in [0, 0.05) is 0 Å². The van der Waals surface area contributed by atoms with Crippen molar-refractivity contribution in [1.82, 2.24) is 19.5 Å². The van der Waals surface area contributed by atoms with Crippen molar-refractivity contribution >= 4 is 54.4 Å². The van der Waals surface area contributed by atoms with Gasteiger partial charge in [0.1, 0.15) is 30.2 Å². The van der Waals surface area contributed by atoms with Gasteiger partial charge >= 0.3 is 37.4 Å². The van der Waals surface area contributed by atoms with E-state index < -0.39 is 39.0 Å². The molecule has 0 bridgehead atoms. The van der Waals surface area contributed by atoms with E-state index >= 15 is 0 Å². The van der Waals surface area contributed by atoms with E-state index in [2.05, 4.69) is 19.5 Å². The van der Waals surface area contributed by atoms with E-state index in [-0.39, 0.29) is 41.0 Å². The Morgan fingerprint density at radius 3 is 2.67 bits per heavy atom. The summed E-state index contributed by atoms with van der Waals surface area (Å²) >= 11 is 0. The molecule has 14 heteroatoms. The molecule has 0 unspecified atom stereocenters. The van der Waals surface area contributed by atoms with Crippen LogP contribution >= 0.6 is 7.82 Å². The van der Waals surface area contributed by atoms with Crippen LogP contribution in [0.25, 0.3) is 11.2 Å². The summed E-state index contributed by atoms with van der Waals surface area (Å²) in [5.41, 5.74) is 6.25. The maximum atomic E-state index is 10.7. The van der Waals surface area contributed by atoms with E-state index in [9.17, 15) is 14.8 Å². The Bertz CT molecular complexity index is 769. The third-order valence-electron chi connectivity index (χ3n) is 3.41. The van der Waals surface area contributed by atoms with Gasteiger partial charge in [-0.2, -0.15) is 0 Å². The molecule has 1 aliphatic rings. The molecule has 0 radical (unpaired) electrons. The van der Waals surface area contributed by atoms with E-state index in [4.69, 9.17) is 20.3 Å². The number of nitrogens with two attached hydrogens (primary N) is 1. The second-order valence-corrected chi connectivity index (χ2v) is 6.15. The minimum atomic E-state index is -4.72. The minimum absolute atomic E-state index is 0. The molecule has 128 valence electrons. The zero-order chi connectivity index (χ0) is 16.8. The number of fused-ring (bicyclic) bond motifs is 1. The van der Waals surface area contributed by atoms with Crippen LogP contribution in [0.3, 0.4) is 0 Å². The third kappa shape index (κ3) is 3.78. The number of aliphatic hydroxyl groups excluding tert-OH is 2. The molecular weight excluding hydrogens is 356 g/mol. The molecule has 0 amide bonds. The molecule has 1 aliphatic heterocycles. The molecule has 4 atom stereocenters. The van der Waals surface area contributed by atoms with Crippen LogP contribution in [-0.2, 0) is 13.8 Å². The molecule has 0 aromatic carbocycles. The Hall–Kier alpha value is -0.660. The first-order valence-electron chi connectivity index (χ1n) is 6.42. The molecule has 6 N–H and O–H groups in total. The van der Waals surface area contributed by atoms with Crippen molar-refractivity contribution in [2.45, 2.75) is 24.5 Å². The van der Waals surface area contributed by atoms with Gasteiger partial charge in [0.15, 0.2) is 17.7 Å². The van der Waals surface area contributed by atoms with Crippen LogP contribution in [0.1, 0.15) is 6.23 Å². The monoisotopic (exact) mass is 371 g/mol. The summed E-state index contributed by atoms with van der Waals surface area (Å²) in [6, 6.07) is 0. The molecule has 1 fully saturated rings. The number of imidazole rings is 1. The van der Waals surface area contributed by atoms with Gasteiger partial charge in [-0.1, -0.05) is 0 Å². The number of ether oxygens (including phenoxy) is 1. The van der Waals surface area contributed by atoms with Crippen LogP contribution in [0.5, 0.6) is 0 Å². The fraction of sp³-hybridized carbons (Fsp3) is 0.500. The number of hydrogen-bond acceptors (Lipinski definition) is 9. The van der Waals surface area contributed by atoms with E-state index in [1.54, 1.807) is 0 Å². The van der Waals surface area contributed by atoms with Gasteiger partial charge in [0.05, 0.1) is 12.9 Å². The summed E-state index contributed by atoms with van der Waals surface area (Å²) in [5, 5.41) is 20.1. The molecule has 0 saturated carbocycles. The number of nitrogen functional groups attached to an aromatic ring is 1. The van der Waals surface area contributed by atoms with Crippen LogP contribution < -0.4 is 5.73 Å². The fourth-order valence-electron chi connectivity index (χ4n) is 2.32. The Kier molecular flexibility index (Phi) is 5.98. The predicted octanol–water partition coefficient (Wildman–Crippen LogP) is -2.51. The van der Waals surface area contributed by atoms with Crippen molar-refractivity contribution in [3.05, 3.63) is 12.7 Å². The quantitative estimate of drug-likeness (QED) is 0.282. The SMILES string of the molecule is Nc1ncnc2c1ncn2[C@@H]1O[C@H](COP(=O)(O)O)[C@@H](O)[C@H]1O.[NaH]. The average molecular weight is 371 g/mol. The molecule has 2 aromatic rings. The van der Waals surface area contributed by atoms with Crippen LogP contribution in [-0.4, -0.2) is 94.0 Å². The van der Waals surface area contributed by atoms with Crippen molar-refractivity contribution in [2.75, 3.05) is 12.3 Å². The zero-order valence-corrected chi connectivity index (χ0v) is 12.4. The van der Waals surface area contributed by atoms with Crippen molar-refractivity contribution in [2.24, 2.45) is 0 Å². The van der Waals surface area contributed by atoms with Gasteiger partial charge < -0.3 is 30.5 Å². The standard InChI is InChI=1S/C10H14N5O7P.Na.H/c11-8-5-9(13-2-12-8)15(3-14-5)10-7(17)6(16)4(22-10)1-21-23(18,19)20;;/h2-4,6-7,10,16-17H,1H2,(H2,11,12,13)(H2,18,19,20);;/t4-,6-,7-,10-;;/m1../s1. The average Bonchev–Trinajstić information content (AvgIpc) is 3.01. The van der Waals surface area contributed by atoms with E-state index in [0.717, 1.165) is 0 Å². The van der Waals surface area contributed by atoms with Crippen molar-refractivity contribution in [3.63, 3.8) is 0 Å². The van der Waals surface area contributed by atoms with Gasteiger partial charge in [-0.25, -0.2) is 19.5 Å². The third-order valence-corrected chi connectivity index (χ3v) is 3.89. The van der Waals surface area contributed by atoms with Crippen LogP contribution in [0.2, 0.25) is 0 Å². The van der Waals surface area contributed by atoms with Crippen molar-refractivity contribution < 1.29 is 33.8 Å². The van der Waals surface area contributed by atoms with E-state index in [1.165, 1.54) is 17.2 Å². The Balaban J connectivity index is 0.00000208. The summed E-state index contributed by atoms with van der Waals surface area (Å²) in [5.74, 6) is 0.142. The Morgan fingerprint density at radius 1 is 1.29 bits per heavy atom. The molecular formula is C10H15N5NaO7P. The molecule has 1 saturated heterocycles. The summed E-state index contributed by atoms with van der Waals surface area (Å²) < 4.78 is 21.8. The first-order chi connectivity index (χ1) is 10.8. The second-order valence-electron chi connectivity index (χ2n) is 4.92. The summed E-state index contributed by atoms with van der Waals surface area (Å²) in [4.78, 5) is 29.2. The van der Waals surface area contributed by atoms with Crippen molar-refractivity contribution in [3.8, 4) is 0 Å². The van der Waals surface area contributed by atoms with E-state index in [1.807, 2.05) is 0 Å². The number of hydrogen-bond donors (Lipinski definition) is 5. The molecule has 3 rings (SSSR count). The molecule has 0 spiro atoms. The number of aliphatic hydroxyl groups is 2. The first kappa shape index (κ1) is 19.7. The number of aromatic nitrogens is 4. The number of phosphoric acid groups is 1.